The average molecular weight is 463 g/mol. The first-order valence-electron chi connectivity index (χ1n) is 11.4. The summed E-state index contributed by atoms with van der Waals surface area (Å²) in [5.41, 5.74) is 4.25. The molecule has 1 unspecified atom stereocenters. The minimum Gasteiger partial charge on any atom is -0.493 e. The van der Waals surface area contributed by atoms with E-state index in [0.717, 1.165) is 36.0 Å². The lowest BCUT2D eigenvalue weighted by atomic mass is 9.77. The molecule has 2 N–H and O–H groups in total. The van der Waals surface area contributed by atoms with Gasteiger partial charge in [0.15, 0.2) is 0 Å². The topological polar surface area (TPSA) is 66.8 Å². The van der Waals surface area contributed by atoms with E-state index in [2.05, 4.69) is 36.4 Å². The second-order valence-electron chi connectivity index (χ2n) is 9.13. The van der Waals surface area contributed by atoms with Crippen LogP contribution in [0.25, 0.3) is 11.1 Å². The van der Waals surface area contributed by atoms with Crippen molar-refractivity contribution in [3.8, 4) is 16.9 Å². The summed E-state index contributed by atoms with van der Waals surface area (Å²) in [4.78, 5) is 12.0. The number of ether oxygens (including phenoxy) is 1. The highest BCUT2D eigenvalue weighted by atomic mass is 32.1. The van der Waals surface area contributed by atoms with Crippen LogP contribution < -0.4 is 4.74 Å². The van der Waals surface area contributed by atoms with Gasteiger partial charge in [-0.15, -0.1) is 0 Å². The van der Waals surface area contributed by atoms with Crippen molar-refractivity contribution in [1.82, 2.24) is 0 Å². The third-order valence-corrected chi connectivity index (χ3v) is 7.21. The quantitative estimate of drug-likeness (QED) is 0.514. The van der Waals surface area contributed by atoms with Gasteiger partial charge in [0.25, 0.3) is 0 Å². The molecule has 33 heavy (non-hydrogen) atoms. The SMILES string of the molecule is O=C(O)C1(c2ccc3c(c2)OCC(Cc2ccc(-c4ccccc4)cc2)[C@H]3O)CCCC1.S. The van der Waals surface area contributed by atoms with Crippen molar-refractivity contribution in [2.75, 3.05) is 6.61 Å². The van der Waals surface area contributed by atoms with Crippen molar-refractivity contribution < 1.29 is 19.7 Å². The zero-order valence-corrected chi connectivity index (χ0v) is 19.5. The van der Waals surface area contributed by atoms with E-state index < -0.39 is 17.5 Å². The predicted octanol–water partition coefficient (Wildman–Crippen LogP) is 5.65. The molecule has 1 aliphatic carbocycles. The molecule has 0 bridgehead atoms. The second-order valence-corrected chi connectivity index (χ2v) is 9.13. The molecule has 5 heteroatoms. The van der Waals surface area contributed by atoms with Crippen molar-refractivity contribution in [1.29, 1.82) is 0 Å². The van der Waals surface area contributed by atoms with Gasteiger partial charge in [0.05, 0.1) is 18.1 Å². The molecule has 0 amide bonds. The van der Waals surface area contributed by atoms with Crippen molar-refractivity contribution >= 4 is 19.5 Å². The summed E-state index contributed by atoms with van der Waals surface area (Å²) >= 11 is 0. The van der Waals surface area contributed by atoms with Crippen LogP contribution in [0, 0.1) is 5.92 Å². The van der Waals surface area contributed by atoms with Crippen LogP contribution in [0.2, 0.25) is 0 Å². The Kier molecular flexibility index (Phi) is 6.82. The number of carbonyl (C=O) groups is 1. The molecule has 1 aliphatic heterocycles. The first-order valence-corrected chi connectivity index (χ1v) is 11.4. The number of aliphatic hydroxyl groups excluding tert-OH is 1. The van der Waals surface area contributed by atoms with Crippen LogP contribution in [0.1, 0.15) is 48.5 Å². The Labute approximate surface area is 201 Å². The van der Waals surface area contributed by atoms with E-state index in [1.54, 1.807) is 0 Å². The lowest BCUT2D eigenvalue weighted by Crippen LogP contribution is -2.33. The zero-order valence-electron chi connectivity index (χ0n) is 18.5. The third-order valence-electron chi connectivity index (χ3n) is 7.21. The minimum atomic E-state index is -0.819. The summed E-state index contributed by atoms with van der Waals surface area (Å²) in [5, 5.41) is 20.9. The Bertz CT molecular complexity index is 1100. The first-order chi connectivity index (χ1) is 15.6. The second kappa shape index (κ2) is 9.62. The predicted molar refractivity (Wildman–Crippen MR) is 134 cm³/mol. The minimum absolute atomic E-state index is 0. The van der Waals surface area contributed by atoms with Crippen LogP contribution >= 0.6 is 13.5 Å². The fraction of sp³-hybridized carbons (Fsp3) is 0.321. The molecular formula is C28H30O4S. The van der Waals surface area contributed by atoms with Crippen LogP contribution in [-0.4, -0.2) is 22.8 Å². The lowest BCUT2D eigenvalue weighted by molar-refractivity contribution is -0.143. The average Bonchev–Trinajstić information content (AvgIpc) is 3.33. The van der Waals surface area contributed by atoms with Gasteiger partial charge >= 0.3 is 5.97 Å². The maximum absolute atomic E-state index is 12.0. The molecule has 0 aromatic heterocycles. The third kappa shape index (κ3) is 4.40. The molecule has 0 saturated heterocycles. The summed E-state index contributed by atoms with van der Waals surface area (Å²) in [6.45, 7) is 0.415. The fourth-order valence-corrected chi connectivity index (χ4v) is 5.29. The normalized spacial score (nSPS) is 20.9. The van der Waals surface area contributed by atoms with Gasteiger partial charge in [-0.1, -0.05) is 79.6 Å². The van der Waals surface area contributed by atoms with Crippen LogP contribution in [0.5, 0.6) is 5.75 Å². The monoisotopic (exact) mass is 462 g/mol. The van der Waals surface area contributed by atoms with E-state index in [-0.39, 0.29) is 19.4 Å². The van der Waals surface area contributed by atoms with E-state index in [1.807, 2.05) is 36.4 Å². The van der Waals surface area contributed by atoms with Gasteiger partial charge in [0.1, 0.15) is 5.75 Å². The number of aliphatic hydroxyl groups is 1. The van der Waals surface area contributed by atoms with Gasteiger partial charge in [-0.25, -0.2) is 0 Å². The molecule has 2 atom stereocenters. The van der Waals surface area contributed by atoms with Gasteiger partial charge in [0, 0.05) is 11.5 Å². The highest BCUT2D eigenvalue weighted by Crippen LogP contribution is 2.45. The largest absolute Gasteiger partial charge is 0.493 e. The Hall–Kier alpha value is -2.76. The number of hydrogen-bond donors (Lipinski definition) is 2. The van der Waals surface area contributed by atoms with Crippen molar-refractivity contribution in [2.24, 2.45) is 5.92 Å². The van der Waals surface area contributed by atoms with Crippen LogP contribution in [0.4, 0.5) is 0 Å². The summed E-state index contributed by atoms with van der Waals surface area (Å²) < 4.78 is 6.04. The highest BCUT2D eigenvalue weighted by Gasteiger charge is 2.43. The van der Waals surface area contributed by atoms with E-state index in [4.69, 9.17) is 4.74 Å². The van der Waals surface area contributed by atoms with Crippen LogP contribution in [0.15, 0.2) is 72.8 Å². The van der Waals surface area contributed by atoms with E-state index >= 15 is 0 Å². The molecule has 2 aliphatic rings. The van der Waals surface area contributed by atoms with Gasteiger partial charge in [0.2, 0.25) is 0 Å². The van der Waals surface area contributed by atoms with Gasteiger partial charge in [-0.05, 0) is 47.6 Å². The molecule has 5 rings (SSSR count). The Morgan fingerprint density at radius 3 is 2.27 bits per heavy atom. The molecule has 1 saturated carbocycles. The summed E-state index contributed by atoms with van der Waals surface area (Å²) in [7, 11) is 0. The molecule has 3 aromatic carbocycles. The van der Waals surface area contributed by atoms with Crippen LogP contribution in [-0.2, 0) is 16.6 Å². The summed E-state index contributed by atoms with van der Waals surface area (Å²) in [5.74, 6) is -0.183. The van der Waals surface area contributed by atoms with Gasteiger partial charge in [-0.3, -0.25) is 4.79 Å². The van der Waals surface area contributed by atoms with Crippen molar-refractivity contribution in [3.63, 3.8) is 0 Å². The first kappa shape index (κ1) is 23.4. The Balaban J connectivity index is 0.00000259. The summed E-state index contributed by atoms with van der Waals surface area (Å²) in [6, 6.07) is 24.3. The molecule has 172 valence electrons. The van der Waals surface area contributed by atoms with E-state index in [9.17, 15) is 15.0 Å². The molecule has 0 radical (unpaired) electrons. The molecule has 1 fully saturated rings. The highest BCUT2D eigenvalue weighted by molar-refractivity contribution is 7.59. The van der Waals surface area contributed by atoms with E-state index in [1.165, 1.54) is 11.1 Å². The van der Waals surface area contributed by atoms with Gasteiger partial charge in [-0.2, -0.15) is 13.5 Å². The Morgan fingerprint density at radius 1 is 0.939 bits per heavy atom. The molecule has 3 aromatic rings. The summed E-state index contributed by atoms with van der Waals surface area (Å²) in [6.07, 6.45) is 3.26. The van der Waals surface area contributed by atoms with Crippen molar-refractivity contribution in [2.45, 2.75) is 43.6 Å². The number of aliphatic carboxylic acids is 1. The lowest BCUT2D eigenvalue weighted by Gasteiger charge is -2.32. The Morgan fingerprint density at radius 2 is 1.61 bits per heavy atom. The molecule has 0 spiro atoms. The maximum Gasteiger partial charge on any atom is 0.314 e. The number of carboxylic acid groups (broad SMARTS) is 1. The molecular weight excluding hydrogens is 432 g/mol. The van der Waals surface area contributed by atoms with E-state index in [0.29, 0.717) is 25.2 Å². The number of carboxylic acids is 1. The number of fused-ring (bicyclic) bond motifs is 1. The molecule has 4 nitrogen and oxygen atoms in total. The standard InChI is InChI=1S/C28H28O4.H2S/c29-26-22(16-19-8-10-21(11-9-19)20-6-2-1-3-7-20)18-32-25-17-23(12-13-24(25)26)28(27(30)31)14-4-5-15-28;/h1-3,6-13,17,22,26,29H,4-5,14-16,18H2,(H,30,31);1H2/t22?,26-;/m1./s1. The molecule has 1 heterocycles. The number of benzene rings is 3. The fourth-order valence-electron chi connectivity index (χ4n) is 5.29. The smallest absolute Gasteiger partial charge is 0.314 e. The maximum atomic E-state index is 12.0. The number of hydrogen-bond acceptors (Lipinski definition) is 3. The number of rotatable bonds is 5. The zero-order chi connectivity index (χ0) is 22.1. The van der Waals surface area contributed by atoms with Crippen LogP contribution in [0.3, 0.4) is 0 Å². The van der Waals surface area contributed by atoms with Crippen molar-refractivity contribution in [3.05, 3.63) is 89.5 Å². The van der Waals surface area contributed by atoms with Gasteiger partial charge < -0.3 is 14.9 Å².